The zero-order valence-electron chi connectivity index (χ0n) is 18.2. The lowest BCUT2D eigenvalue weighted by molar-refractivity contribution is -0.139. The number of benzene rings is 2. The molecular weight excluding hydrogens is 416 g/mol. The zero-order chi connectivity index (χ0) is 22.5. The summed E-state index contributed by atoms with van der Waals surface area (Å²) >= 11 is 6.40. The number of nitrogens with zero attached hydrogens (tertiary/aromatic N) is 1. The zero-order valence-corrected chi connectivity index (χ0v) is 19.0. The molecule has 0 saturated carbocycles. The third kappa shape index (κ3) is 4.85. The number of halogens is 1. The third-order valence-electron chi connectivity index (χ3n) is 5.32. The average Bonchev–Trinajstić information content (AvgIpc) is 2.74. The molecule has 1 N–H and O–H groups in total. The molecule has 0 aromatic heterocycles. The van der Waals surface area contributed by atoms with Gasteiger partial charge in [0.05, 0.1) is 23.9 Å². The SMILES string of the molecule is CCOC(=O)C1=C(COc2ccc(C)c(C)c2)N(CC)C(=O)N[C@@H]1c1ccccc1Cl. The molecular formula is C24H27ClN2O4. The number of aryl methyl sites for hydroxylation is 2. The van der Waals surface area contributed by atoms with Crippen LogP contribution in [-0.4, -0.2) is 36.7 Å². The minimum atomic E-state index is -0.735. The predicted octanol–water partition coefficient (Wildman–Crippen LogP) is 4.94. The van der Waals surface area contributed by atoms with E-state index >= 15 is 0 Å². The molecule has 0 spiro atoms. The molecule has 1 aliphatic rings. The highest BCUT2D eigenvalue weighted by atomic mass is 35.5. The summed E-state index contributed by atoms with van der Waals surface area (Å²) in [5, 5.41) is 3.35. The summed E-state index contributed by atoms with van der Waals surface area (Å²) in [6.07, 6.45) is 0. The van der Waals surface area contributed by atoms with Crippen LogP contribution in [0.4, 0.5) is 4.79 Å². The van der Waals surface area contributed by atoms with Gasteiger partial charge in [0, 0.05) is 11.6 Å². The van der Waals surface area contributed by atoms with Crippen LogP contribution < -0.4 is 10.1 Å². The smallest absolute Gasteiger partial charge is 0.338 e. The summed E-state index contributed by atoms with van der Waals surface area (Å²) in [5.74, 6) is 0.152. The van der Waals surface area contributed by atoms with Gasteiger partial charge >= 0.3 is 12.0 Å². The Morgan fingerprint density at radius 1 is 1.13 bits per heavy atom. The summed E-state index contributed by atoms with van der Waals surface area (Å²) in [7, 11) is 0. The first kappa shape index (κ1) is 22.7. The van der Waals surface area contributed by atoms with Crippen molar-refractivity contribution in [1.29, 1.82) is 0 Å². The second-order valence-corrected chi connectivity index (χ2v) is 7.67. The van der Waals surface area contributed by atoms with Crippen LogP contribution in [0.15, 0.2) is 53.7 Å². The first-order valence-electron chi connectivity index (χ1n) is 10.3. The second kappa shape index (κ2) is 9.88. The molecule has 0 bridgehead atoms. The Hall–Kier alpha value is -2.99. The van der Waals surface area contributed by atoms with Gasteiger partial charge in [0.15, 0.2) is 0 Å². The normalized spacial score (nSPS) is 16.2. The molecule has 2 aromatic carbocycles. The maximum Gasteiger partial charge on any atom is 0.338 e. The Balaban J connectivity index is 2.08. The van der Waals surface area contributed by atoms with Crippen molar-refractivity contribution < 1.29 is 19.1 Å². The van der Waals surface area contributed by atoms with Gasteiger partial charge in [-0.3, -0.25) is 4.90 Å². The molecule has 7 heteroatoms. The minimum Gasteiger partial charge on any atom is -0.487 e. The van der Waals surface area contributed by atoms with Crippen molar-refractivity contribution >= 4 is 23.6 Å². The van der Waals surface area contributed by atoms with Crippen LogP contribution >= 0.6 is 11.6 Å². The number of rotatable bonds is 7. The fourth-order valence-electron chi connectivity index (χ4n) is 3.54. The quantitative estimate of drug-likeness (QED) is 0.617. The Kier molecular flexibility index (Phi) is 7.23. The van der Waals surface area contributed by atoms with Crippen LogP contribution in [0.3, 0.4) is 0 Å². The molecule has 2 amide bonds. The fourth-order valence-corrected chi connectivity index (χ4v) is 3.79. The Morgan fingerprint density at radius 2 is 1.87 bits per heavy atom. The molecule has 1 aliphatic heterocycles. The molecule has 0 radical (unpaired) electrons. The Bertz CT molecular complexity index is 1020. The van der Waals surface area contributed by atoms with Crippen LogP contribution in [-0.2, 0) is 9.53 Å². The summed E-state index contributed by atoms with van der Waals surface area (Å²) in [6.45, 7) is 8.24. The third-order valence-corrected chi connectivity index (χ3v) is 5.66. The Labute approximate surface area is 187 Å². The van der Waals surface area contributed by atoms with E-state index in [2.05, 4.69) is 5.32 Å². The first-order valence-corrected chi connectivity index (χ1v) is 10.7. The van der Waals surface area contributed by atoms with Crippen LogP contribution in [0.5, 0.6) is 5.75 Å². The van der Waals surface area contributed by atoms with E-state index in [0.717, 1.165) is 11.1 Å². The average molecular weight is 443 g/mol. The van der Waals surface area contributed by atoms with E-state index in [-0.39, 0.29) is 19.2 Å². The molecule has 0 aliphatic carbocycles. The molecule has 1 atom stereocenters. The van der Waals surface area contributed by atoms with Crippen molar-refractivity contribution in [2.75, 3.05) is 19.8 Å². The van der Waals surface area contributed by atoms with Gasteiger partial charge in [0.1, 0.15) is 12.4 Å². The predicted molar refractivity (Wildman–Crippen MR) is 120 cm³/mol. The van der Waals surface area contributed by atoms with Gasteiger partial charge in [-0.15, -0.1) is 0 Å². The van der Waals surface area contributed by atoms with Gasteiger partial charge in [-0.05, 0) is 62.6 Å². The monoisotopic (exact) mass is 442 g/mol. The number of urea groups is 1. The van der Waals surface area contributed by atoms with E-state index in [4.69, 9.17) is 21.1 Å². The highest BCUT2D eigenvalue weighted by molar-refractivity contribution is 6.31. The number of carbonyl (C=O) groups is 2. The van der Waals surface area contributed by atoms with Crippen molar-refractivity contribution in [3.05, 3.63) is 75.4 Å². The molecule has 1 heterocycles. The number of esters is 1. The number of nitrogens with one attached hydrogen (secondary N) is 1. The maximum atomic E-state index is 13.0. The number of hydrogen-bond acceptors (Lipinski definition) is 4. The van der Waals surface area contributed by atoms with Gasteiger partial charge in [0.25, 0.3) is 0 Å². The Morgan fingerprint density at radius 3 is 2.52 bits per heavy atom. The van der Waals surface area contributed by atoms with Crippen molar-refractivity contribution in [2.45, 2.75) is 33.7 Å². The van der Waals surface area contributed by atoms with Gasteiger partial charge in [-0.1, -0.05) is 35.9 Å². The van der Waals surface area contributed by atoms with E-state index in [1.54, 1.807) is 25.1 Å². The van der Waals surface area contributed by atoms with Crippen LogP contribution in [0.1, 0.15) is 36.6 Å². The second-order valence-electron chi connectivity index (χ2n) is 7.26. The highest BCUT2D eigenvalue weighted by Crippen LogP contribution is 2.35. The largest absolute Gasteiger partial charge is 0.487 e. The molecule has 0 saturated heterocycles. The highest BCUT2D eigenvalue weighted by Gasteiger charge is 2.38. The maximum absolute atomic E-state index is 13.0. The molecule has 31 heavy (non-hydrogen) atoms. The van der Waals surface area contributed by atoms with E-state index in [0.29, 0.717) is 34.2 Å². The van der Waals surface area contributed by atoms with Crippen molar-refractivity contribution in [3.8, 4) is 5.75 Å². The number of carbonyl (C=O) groups excluding carboxylic acids is 2. The van der Waals surface area contributed by atoms with Gasteiger partial charge in [-0.2, -0.15) is 0 Å². The minimum absolute atomic E-state index is 0.0405. The number of hydrogen-bond donors (Lipinski definition) is 1. The van der Waals surface area contributed by atoms with Gasteiger partial charge < -0.3 is 14.8 Å². The molecule has 3 rings (SSSR count). The molecule has 0 unspecified atom stereocenters. The van der Waals surface area contributed by atoms with E-state index in [1.165, 1.54) is 4.90 Å². The lowest BCUT2D eigenvalue weighted by Crippen LogP contribution is -2.49. The standard InChI is InChI=1S/C24H27ClN2O4/c1-5-27-20(14-31-17-12-11-15(3)16(4)13-17)21(23(28)30-6-2)22(26-24(27)29)18-9-7-8-10-19(18)25/h7-13,22H,5-6,14H2,1-4H3,(H,26,29)/t22-/m1/s1. The number of ether oxygens (including phenoxy) is 2. The van der Waals surface area contributed by atoms with Crippen molar-refractivity contribution in [1.82, 2.24) is 10.2 Å². The first-order chi connectivity index (χ1) is 14.9. The molecule has 2 aromatic rings. The van der Waals surface area contributed by atoms with Crippen molar-refractivity contribution in [3.63, 3.8) is 0 Å². The van der Waals surface area contributed by atoms with Gasteiger partial charge in [-0.25, -0.2) is 9.59 Å². The summed E-state index contributed by atoms with van der Waals surface area (Å²) in [5.41, 5.74) is 3.66. The topological polar surface area (TPSA) is 67.9 Å². The van der Waals surface area contributed by atoms with Crippen LogP contribution in [0.2, 0.25) is 5.02 Å². The fraction of sp³-hybridized carbons (Fsp3) is 0.333. The van der Waals surface area contributed by atoms with Crippen LogP contribution in [0.25, 0.3) is 0 Å². The molecule has 6 nitrogen and oxygen atoms in total. The van der Waals surface area contributed by atoms with Crippen LogP contribution in [0, 0.1) is 13.8 Å². The molecule has 164 valence electrons. The molecule has 0 fully saturated rings. The number of likely N-dealkylation sites (N-methyl/N-ethyl adjacent to an activating group) is 1. The summed E-state index contributed by atoms with van der Waals surface area (Å²) in [6, 6.07) is 11.9. The lowest BCUT2D eigenvalue weighted by atomic mass is 9.94. The summed E-state index contributed by atoms with van der Waals surface area (Å²) < 4.78 is 11.4. The number of amides is 2. The van der Waals surface area contributed by atoms with E-state index < -0.39 is 12.0 Å². The van der Waals surface area contributed by atoms with E-state index in [1.807, 2.05) is 45.0 Å². The lowest BCUT2D eigenvalue weighted by Gasteiger charge is -2.36. The van der Waals surface area contributed by atoms with Gasteiger partial charge in [0.2, 0.25) is 0 Å². The summed E-state index contributed by atoms with van der Waals surface area (Å²) in [4.78, 5) is 27.4. The van der Waals surface area contributed by atoms with Crippen molar-refractivity contribution in [2.24, 2.45) is 0 Å². The van der Waals surface area contributed by atoms with E-state index in [9.17, 15) is 9.59 Å².